The summed E-state index contributed by atoms with van der Waals surface area (Å²) in [5.74, 6) is 0.499. The summed E-state index contributed by atoms with van der Waals surface area (Å²) in [5.41, 5.74) is 0.130. The molecule has 0 bridgehead atoms. The van der Waals surface area contributed by atoms with Crippen LogP contribution in [-0.4, -0.2) is 37.4 Å². The second-order valence-electron chi connectivity index (χ2n) is 3.30. The van der Waals surface area contributed by atoms with E-state index in [1.165, 1.54) is 0 Å². The van der Waals surface area contributed by atoms with Crippen LogP contribution < -0.4 is 5.56 Å². The Morgan fingerprint density at radius 1 is 1.31 bits per heavy atom. The van der Waals surface area contributed by atoms with Crippen LogP contribution in [0.25, 0.3) is 9.65 Å². The van der Waals surface area contributed by atoms with Crippen LogP contribution in [0.4, 0.5) is 0 Å². The Balaban J connectivity index is 2.13. The van der Waals surface area contributed by atoms with Crippen LogP contribution in [0.1, 0.15) is 0 Å². The van der Waals surface area contributed by atoms with Gasteiger partial charge in [-0.15, -0.1) is 0 Å². The quantitative estimate of drug-likeness (QED) is 0.474. The molecule has 0 unspecified atom stereocenters. The van der Waals surface area contributed by atoms with E-state index in [1.807, 2.05) is 27.8 Å². The van der Waals surface area contributed by atoms with E-state index >= 15 is 0 Å². The Morgan fingerprint density at radius 3 is 2.88 bits per heavy atom. The normalized spacial score (nSPS) is 11.1. The van der Waals surface area contributed by atoms with Crippen molar-refractivity contribution in [2.45, 2.75) is 6.54 Å². The third-order valence-electron chi connectivity index (χ3n) is 2.21. The van der Waals surface area contributed by atoms with Gasteiger partial charge in [0.25, 0.3) is 0 Å². The number of alkyl halides is 1. The Bertz CT molecular complexity index is 520. The number of hydrogen-bond donors (Lipinski definition) is 0. The standard InChI is InChI=1S/C11H12ClNO2Se/c12-5-7-15-8-6-13-11(14)9-3-1-2-4-10(9)16-13/h1-4H,5-8H2. The van der Waals surface area contributed by atoms with Crippen LogP contribution in [-0.2, 0) is 11.3 Å². The summed E-state index contributed by atoms with van der Waals surface area (Å²) < 4.78 is 8.31. The molecule has 2 rings (SSSR count). The van der Waals surface area contributed by atoms with E-state index in [-0.39, 0.29) is 20.3 Å². The van der Waals surface area contributed by atoms with Crippen LogP contribution in [0, 0.1) is 0 Å². The van der Waals surface area contributed by atoms with Crippen molar-refractivity contribution < 1.29 is 4.74 Å². The van der Waals surface area contributed by atoms with E-state index in [4.69, 9.17) is 16.3 Å². The Labute approximate surface area is 105 Å². The molecular weight excluding hydrogens is 293 g/mol. The van der Waals surface area contributed by atoms with E-state index in [2.05, 4.69) is 0 Å². The van der Waals surface area contributed by atoms with Gasteiger partial charge < -0.3 is 0 Å². The molecular formula is C11H12ClNO2Se. The van der Waals surface area contributed by atoms with Crippen molar-refractivity contribution in [3.63, 3.8) is 0 Å². The first-order valence-corrected chi connectivity index (χ1v) is 7.21. The van der Waals surface area contributed by atoms with E-state index in [9.17, 15) is 4.79 Å². The fourth-order valence-corrected chi connectivity index (χ4v) is 3.63. The molecule has 86 valence electrons. The van der Waals surface area contributed by atoms with Gasteiger partial charge in [0.2, 0.25) is 0 Å². The molecule has 0 aliphatic carbocycles. The van der Waals surface area contributed by atoms with Crippen molar-refractivity contribution >= 4 is 36.0 Å². The zero-order chi connectivity index (χ0) is 11.4. The molecule has 2 aromatic rings. The van der Waals surface area contributed by atoms with Gasteiger partial charge in [0, 0.05) is 0 Å². The van der Waals surface area contributed by atoms with E-state index in [1.54, 1.807) is 0 Å². The molecule has 1 aromatic carbocycles. The third-order valence-corrected chi connectivity index (χ3v) is 4.72. The van der Waals surface area contributed by atoms with E-state index in [0.717, 1.165) is 9.65 Å². The fourth-order valence-electron chi connectivity index (χ4n) is 1.47. The van der Waals surface area contributed by atoms with Gasteiger partial charge in [-0.3, -0.25) is 0 Å². The number of nitrogens with zero attached hydrogens (tertiary/aromatic N) is 1. The summed E-state index contributed by atoms with van der Waals surface area (Å²) in [5, 5.41) is 0.847. The molecule has 5 heteroatoms. The predicted molar refractivity (Wildman–Crippen MR) is 66.7 cm³/mol. The number of ether oxygens (including phenoxy) is 1. The van der Waals surface area contributed by atoms with Crippen molar-refractivity contribution in [1.29, 1.82) is 0 Å². The Morgan fingerprint density at radius 2 is 2.12 bits per heavy atom. The predicted octanol–water partition coefficient (Wildman–Crippen LogP) is 1.31. The van der Waals surface area contributed by atoms with Crippen LogP contribution in [0.3, 0.4) is 0 Å². The van der Waals surface area contributed by atoms with Crippen molar-refractivity contribution in [3.8, 4) is 0 Å². The fraction of sp³-hybridized carbons (Fsp3) is 0.364. The molecule has 0 N–H and O–H groups in total. The van der Waals surface area contributed by atoms with Gasteiger partial charge in [-0.2, -0.15) is 0 Å². The molecule has 0 radical (unpaired) electrons. The molecule has 0 aliphatic heterocycles. The molecule has 1 heterocycles. The minimum atomic E-state index is 0.109. The van der Waals surface area contributed by atoms with Crippen molar-refractivity contribution in [1.82, 2.24) is 3.56 Å². The molecule has 0 saturated heterocycles. The van der Waals surface area contributed by atoms with Gasteiger partial charge in [0.1, 0.15) is 0 Å². The number of fused-ring (bicyclic) bond motifs is 1. The molecule has 1 aromatic heterocycles. The van der Waals surface area contributed by atoms with Gasteiger partial charge in [0.15, 0.2) is 0 Å². The van der Waals surface area contributed by atoms with Crippen molar-refractivity contribution in [2.75, 3.05) is 19.1 Å². The Kier molecular flexibility index (Phi) is 4.24. The van der Waals surface area contributed by atoms with Gasteiger partial charge in [-0.05, 0) is 0 Å². The summed E-state index contributed by atoms with van der Waals surface area (Å²) in [6.45, 7) is 1.77. The Hall–Kier alpha value is -0.541. The van der Waals surface area contributed by atoms with Crippen molar-refractivity contribution in [2.24, 2.45) is 0 Å². The van der Waals surface area contributed by atoms with Gasteiger partial charge in [-0.1, -0.05) is 0 Å². The molecule has 0 fully saturated rings. The maximum atomic E-state index is 11.9. The zero-order valence-electron chi connectivity index (χ0n) is 8.69. The van der Waals surface area contributed by atoms with Gasteiger partial charge in [-0.25, -0.2) is 0 Å². The van der Waals surface area contributed by atoms with Crippen LogP contribution in [0.15, 0.2) is 29.1 Å². The summed E-state index contributed by atoms with van der Waals surface area (Å²) in [4.78, 5) is 11.9. The monoisotopic (exact) mass is 305 g/mol. The summed E-state index contributed by atoms with van der Waals surface area (Å²) >= 11 is 5.61. The molecule has 0 amide bonds. The zero-order valence-corrected chi connectivity index (χ0v) is 11.2. The number of aromatic nitrogens is 1. The second kappa shape index (κ2) is 5.69. The summed E-state index contributed by atoms with van der Waals surface area (Å²) in [6, 6.07) is 7.79. The molecule has 16 heavy (non-hydrogen) atoms. The number of hydrogen-bond acceptors (Lipinski definition) is 2. The maximum absolute atomic E-state index is 11.9. The molecule has 0 aliphatic rings. The van der Waals surface area contributed by atoms with E-state index in [0.29, 0.717) is 25.6 Å². The van der Waals surface area contributed by atoms with Crippen molar-refractivity contribution in [3.05, 3.63) is 34.6 Å². The van der Waals surface area contributed by atoms with Crippen LogP contribution >= 0.6 is 11.6 Å². The molecule has 0 atom stereocenters. The minimum absolute atomic E-state index is 0.109. The molecule has 0 saturated carbocycles. The van der Waals surface area contributed by atoms with Gasteiger partial charge >= 0.3 is 105 Å². The number of rotatable bonds is 5. The topological polar surface area (TPSA) is 31.2 Å². The molecule has 3 nitrogen and oxygen atoms in total. The van der Waals surface area contributed by atoms with E-state index < -0.39 is 0 Å². The van der Waals surface area contributed by atoms with Crippen LogP contribution in [0.2, 0.25) is 0 Å². The number of halogens is 1. The summed E-state index contributed by atoms with van der Waals surface area (Å²) in [6.07, 6.45) is 0. The van der Waals surface area contributed by atoms with Gasteiger partial charge in [0.05, 0.1) is 0 Å². The first-order valence-electron chi connectivity index (χ1n) is 5.05. The van der Waals surface area contributed by atoms with Crippen LogP contribution in [0.5, 0.6) is 0 Å². The SMILES string of the molecule is O=c1c2ccccc2[se]n1CCOCCCl. The molecule has 0 spiro atoms. The summed E-state index contributed by atoms with van der Waals surface area (Å²) in [7, 11) is 0. The first kappa shape index (κ1) is 11.9. The third kappa shape index (κ3) is 2.58. The average molecular weight is 305 g/mol. The number of benzene rings is 1. The second-order valence-corrected chi connectivity index (χ2v) is 5.90. The first-order chi connectivity index (χ1) is 7.83. The average Bonchev–Trinajstić information content (AvgIpc) is 2.63.